The molecular weight excluding hydrogens is 170 g/mol. The third-order valence-corrected chi connectivity index (χ3v) is 3.98. The number of fused-ring (bicyclic) bond motifs is 1. The van der Waals surface area contributed by atoms with Crippen LogP contribution >= 0.6 is 0 Å². The zero-order valence-corrected chi connectivity index (χ0v) is 10.1. The van der Waals surface area contributed by atoms with Gasteiger partial charge in [0.25, 0.3) is 0 Å². The lowest BCUT2D eigenvalue weighted by atomic mass is 9.92. The first-order valence-electron chi connectivity index (χ1n) is 6.27. The van der Waals surface area contributed by atoms with E-state index in [0.29, 0.717) is 5.41 Å². The summed E-state index contributed by atoms with van der Waals surface area (Å²) in [4.78, 5) is 2.71. The van der Waals surface area contributed by atoms with E-state index in [1.165, 1.54) is 45.3 Å². The first kappa shape index (κ1) is 10.5. The van der Waals surface area contributed by atoms with Crippen molar-refractivity contribution in [2.24, 2.45) is 17.3 Å². The van der Waals surface area contributed by atoms with Crippen molar-refractivity contribution in [2.75, 3.05) is 19.6 Å². The molecule has 0 aromatic rings. The molecule has 1 saturated carbocycles. The highest BCUT2D eigenvalue weighted by Crippen LogP contribution is 2.38. The molecule has 0 radical (unpaired) electrons. The molecule has 0 amide bonds. The summed E-state index contributed by atoms with van der Waals surface area (Å²) in [6.07, 6.45) is 5.88. The van der Waals surface area contributed by atoms with Gasteiger partial charge in [-0.1, -0.05) is 27.2 Å². The number of rotatable bonds is 2. The fourth-order valence-electron chi connectivity index (χ4n) is 3.01. The number of nitrogens with zero attached hydrogens (tertiary/aromatic N) is 1. The van der Waals surface area contributed by atoms with Crippen LogP contribution in [0.5, 0.6) is 0 Å². The topological polar surface area (TPSA) is 3.24 Å². The quantitative estimate of drug-likeness (QED) is 0.654. The third kappa shape index (κ3) is 2.50. The van der Waals surface area contributed by atoms with E-state index in [1.54, 1.807) is 0 Å². The molecule has 0 N–H and O–H groups in total. The Labute approximate surface area is 88.9 Å². The van der Waals surface area contributed by atoms with E-state index in [2.05, 4.69) is 25.7 Å². The molecule has 1 aliphatic heterocycles. The van der Waals surface area contributed by atoms with E-state index in [0.717, 1.165) is 11.8 Å². The molecule has 1 aliphatic carbocycles. The predicted octanol–water partition coefficient (Wildman–Crippen LogP) is 3.15. The molecule has 0 aromatic carbocycles. The van der Waals surface area contributed by atoms with Gasteiger partial charge >= 0.3 is 0 Å². The van der Waals surface area contributed by atoms with Crippen molar-refractivity contribution < 1.29 is 0 Å². The molecule has 2 atom stereocenters. The molecule has 14 heavy (non-hydrogen) atoms. The van der Waals surface area contributed by atoms with Gasteiger partial charge in [-0.15, -0.1) is 0 Å². The molecule has 1 heteroatoms. The predicted molar refractivity (Wildman–Crippen MR) is 61.3 cm³/mol. The molecule has 0 aromatic heterocycles. The minimum Gasteiger partial charge on any atom is -0.303 e. The summed E-state index contributed by atoms with van der Waals surface area (Å²) in [7, 11) is 0. The van der Waals surface area contributed by atoms with Crippen LogP contribution in [0.4, 0.5) is 0 Å². The zero-order chi connectivity index (χ0) is 10.2. The summed E-state index contributed by atoms with van der Waals surface area (Å²) in [5, 5.41) is 0. The third-order valence-electron chi connectivity index (χ3n) is 3.98. The Morgan fingerprint density at radius 3 is 2.14 bits per heavy atom. The lowest BCUT2D eigenvalue weighted by Gasteiger charge is -2.23. The highest BCUT2D eigenvalue weighted by molar-refractivity contribution is 4.88. The summed E-state index contributed by atoms with van der Waals surface area (Å²) < 4.78 is 0. The Morgan fingerprint density at radius 1 is 1.07 bits per heavy atom. The summed E-state index contributed by atoms with van der Waals surface area (Å²) in [5.74, 6) is 2.13. The van der Waals surface area contributed by atoms with Gasteiger partial charge in [-0.3, -0.25) is 0 Å². The first-order chi connectivity index (χ1) is 6.54. The largest absolute Gasteiger partial charge is 0.303 e. The number of likely N-dealkylation sites (tertiary alicyclic amines) is 1. The first-order valence-corrected chi connectivity index (χ1v) is 6.27. The van der Waals surface area contributed by atoms with Gasteiger partial charge in [-0.25, -0.2) is 0 Å². The van der Waals surface area contributed by atoms with Gasteiger partial charge in [0.05, 0.1) is 0 Å². The Morgan fingerprint density at radius 2 is 1.64 bits per heavy atom. The minimum atomic E-state index is 0.512. The smallest absolute Gasteiger partial charge is 0.00129 e. The standard InChI is InChI=1S/C13H25N/c1-13(2,3)7-8-14-9-11-5-4-6-12(11)10-14/h11-12H,4-10H2,1-3H3/t11-,12+. The van der Waals surface area contributed by atoms with Crippen molar-refractivity contribution in [3.05, 3.63) is 0 Å². The van der Waals surface area contributed by atoms with Crippen LogP contribution in [0.25, 0.3) is 0 Å². The highest BCUT2D eigenvalue weighted by atomic mass is 15.2. The van der Waals surface area contributed by atoms with Crippen LogP contribution in [0.15, 0.2) is 0 Å². The van der Waals surface area contributed by atoms with Crippen molar-refractivity contribution in [2.45, 2.75) is 46.5 Å². The van der Waals surface area contributed by atoms with Gasteiger partial charge in [0.2, 0.25) is 0 Å². The van der Waals surface area contributed by atoms with Crippen molar-refractivity contribution in [1.29, 1.82) is 0 Å². The van der Waals surface area contributed by atoms with Gasteiger partial charge in [-0.05, 0) is 43.1 Å². The van der Waals surface area contributed by atoms with Crippen LogP contribution in [0.2, 0.25) is 0 Å². The molecule has 1 heterocycles. The van der Waals surface area contributed by atoms with Gasteiger partial charge in [0.15, 0.2) is 0 Å². The van der Waals surface area contributed by atoms with Crippen LogP contribution < -0.4 is 0 Å². The second-order valence-corrected chi connectivity index (χ2v) is 6.52. The second-order valence-electron chi connectivity index (χ2n) is 6.52. The summed E-state index contributed by atoms with van der Waals surface area (Å²) in [6, 6.07) is 0. The monoisotopic (exact) mass is 195 g/mol. The minimum absolute atomic E-state index is 0.512. The molecule has 0 spiro atoms. The van der Waals surface area contributed by atoms with Gasteiger partial charge < -0.3 is 4.90 Å². The average molecular weight is 195 g/mol. The van der Waals surface area contributed by atoms with E-state index < -0.39 is 0 Å². The molecular formula is C13H25N. The number of hydrogen-bond donors (Lipinski definition) is 0. The van der Waals surface area contributed by atoms with Crippen LogP contribution in [0.3, 0.4) is 0 Å². The fourth-order valence-corrected chi connectivity index (χ4v) is 3.01. The van der Waals surface area contributed by atoms with Crippen LogP contribution in [-0.2, 0) is 0 Å². The van der Waals surface area contributed by atoms with Gasteiger partial charge in [-0.2, -0.15) is 0 Å². The van der Waals surface area contributed by atoms with Gasteiger partial charge in [0, 0.05) is 13.1 Å². The Balaban J connectivity index is 1.74. The second kappa shape index (κ2) is 3.84. The van der Waals surface area contributed by atoms with Gasteiger partial charge in [0.1, 0.15) is 0 Å². The molecule has 82 valence electrons. The molecule has 1 saturated heterocycles. The lowest BCUT2D eigenvalue weighted by Crippen LogP contribution is -2.26. The maximum atomic E-state index is 2.71. The van der Waals surface area contributed by atoms with E-state index >= 15 is 0 Å². The van der Waals surface area contributed by atoms with Crippen molar-refractivity contribution >= 4 is 0 Å². The van der Waals surface area contributed by atoms with E-state index in [4.69, 9.17) is 0 Å². The fraction of sp³-hybridized carbons (Fsp3) is 1.00. The van der Waals surface area contributed by atoms with Crippen LogP contribution in [0, 0.1) is 17.3 Å². The molecule has 2 fully saturated rings. The van der Waals surface area contributed by atoms with Crippen LogP contribution in [-0.4, -0.2) is 24.5 Å². The summed E-state index contributed by atoms with van der Waals surface area (Å²) >= 11 is 0. The van der Waals surface area contributed by atoms with Crippen molar-refractivity contribution in [1.82, 2.24) is 4.90 Å². The Kier molecular flexibility index (Phi) is 2.88. The number of hydrogen-bond acceptors (Lipinski definition) is 1. The summed E-state index contributed by atoms with van der Waals surface area (Å²) in [6.45, 7) is 11.2. The van der Waals surface area contributed by atoms with Crippen LogP contribution in [0.1, 0.15) is 46.5 Å². The van der Waals surface area contributed by atoms with E-state index in [9.17, 15) is 0 Å². The Hall–Kier alpha value is -0.0400. The maximum absolute atomic E-state index is 2.71. The van der Waals surface area contributed by atoms with Crippen molar-refractivity contribution in [3.63, 3.8) is 0 Å². The SMILES string of the molecule is CC(C)(C)CCN1C[C@H]2CCC[C@H]2C1. The lowest BCUT2D eigenvalue weighted by molar-refractivity contribution is 0.251. The van der Waals surface area contributed by atoms with E-state index in [1.807, 2.05) is 0 Å². The maximum Gasteiger partial charge on any atom is 0.00129 e. The molecule has 2 aliphatic rings. The molecule has 0 unspecified atom stereocenters. The zero-order valence-electron chi connectivity index (χ0n) is 10.1. The van der Waals surface area contributed by atoms with E-state index in [-0.39, 0.29) is 0 Å². The molecule has 1 nitrogen and oxygen atoms in total. The Bertz CT molecular complexity index is 180. The highest BCUT2D eigenvalue weighted by Gasteiger charge is 2.35. The molecule has 0 bridgehead atoms. The molecule has 2 rings (SSSR count). The average Bonchev–Trinajstić information content (AvgIpc) is 2.56. The summed E-state index contributed by atoms with van der Waals surface area (Å²) in [5.41, 5.74) is 0.512. The van der Waals surface area contributed by atoms with Crippen molar-refractivity contribution in [3.8, 4) is 0 Å². The normalized spacial score (nSPS) is 33.6.